The van der Waals surface area contributed by atoms with Gasteiger partial charge in [0.25, 0.3) is 0 Å². The van der Waals surface area contributed by atoms with Crippen molar-refractivity contribution in [3.63, 3.8) is 0 Å². The number of hydrogen-bond donors (Lipinski definition) is 3. The number of amides is 2. The lowest BCUT2D eigenvalue weighted by molar-refractivity contribution is 0.0521. The Balaban J connectivity index is 1.35. The lowest BCUT2D eigenvalue weighted by Crippen LogP contribution is -2.39. The van der Waals surface area contributed by atoms with Crippen LogP contribution < -0.4 is 19.7 Å². The molecule has 0 aliphatic carbocycles. The van der Waals surface area contributed by atoms with Crippen LogP contribution in [-0.4, -0.2) is 58.7 Å². The molecule has 1 aromatic carbocycles. The summed E-state index contributed by atoms with van der Waals surface area (Å²) in [5, 5.41) is 21.2. The van der Waals surface area contributed by atoms with Gasteiger partial charge in [0.05, 0.1) is 18.9 Å². The molecule has 2 aliphatic heterocycles. The highest BCUT2D eigenvalue weighted by Gasteiger charge is 2.25. The fourth-order valence-electron chi connectivity index (χ4n) is 4.12. The van der Waals surface area contributed by atoms with Crippen molar-refractivity contribution < 1.29 is 24.5 Å². The van der Waals surface area contributed by atoms with E-state index in [0.29, 0.717) is 24.8 Å². The average molecular weight is 463 g/mol. The number of nitrogens with one attached hydrogen (secondary N) is 1. The van der Waals surface area contributed by atoms with E-state index >= 15 is 0 Å². The molecule has 4 heterocycles. The van der Waals surface area contributed by atoms with E-state index < -0.39 is 12.7 Å². The number of hydrogen-bond acceptors (Lipinski definition) is 7. The number of urea groups is 1. The Hall–Kier alpha value is -3.69. The number of carbonyl (C=O) groups excluding carboxylic acids is 1. The average Bonchev–Trinajstić information content (AvgIpc) is 3.35. The summed E-state index contributed by atoms with van der Waals surface area (Å²) in [4.78, 5) is 23.9. The summed E-state index contributed by atoms with van der Waals surface area (Å²) < 4.78 is 11.0. The molecule has 0 fully saturated rings. The number of aryl methyl sites for hydroxylation is 1. The second-order valence-electron chi connectivity index (χ2n) is 8.29. The summed E-state index contributed by atoms with van der Waals surface area (Å²) in [6.07, 6.45) is 1.59. The first kappa shape index (κ1) is 22.1. The molecule has 2 amide bonds. The number of pyridine rings is 2. The van der Waals surface area contributed by atoms with Crippen molar-refractivity contribution in [1.82, 2.24) is 9.97 Å². The summed E-state index contributed by atoms with van der Waals surface area (Å²) in [5.74, 6) is 2.14. The number of benzene rings is 1. The van der Waals surface area contributed by atoms with Gasteiger partial charge < -0.3 is 19.7 Å². The Morgan fingerprint density at radius 1 is 1.15 bits per heavy atom. The fourth-order valence-corrected chi connectivity index (χ4v) is 4.12. The maximum atomic E-state index is 13.2. The molecule has 9 heteroatoms. The first-order valence-electron chi connectivity index (χ1n) is 11.3. The van der Waals surface area contributed by atoms with E-state index in [0.717, 1.165) is 41.8 Å². The van der Waals surface area contributed by atoms with Gasteiger partial charge in [-0.05, 0) is 54.3 Å². The Morgan fingerprint density at radius 2 is 2.06 bits per heavy atom. The highest BCUT2D eigenvalue weighted by molar-refractivity contribution is 6.01. The molecule has 5 rings (SSSR count). The van der Waals surface area contributed by atoms with E-state index in [1.165, 1.54) is 5.56 Å². The van der Waals surface area contributed by atoms with Gasteiger partial charge in [0.2, 0.25) is 5.88 Å². The predicted octanol–water partition coefficient (Wildman–Crippen LogP) is 2.80. The summed E-state index contributed by atoms with van der Waals surface area (Å²) in [5.41, 5.74) is 4.00. The Bertz CT molecular complexity index is 1200. The van der Waals surface area contributed by atoms with Crippen LogP contribution >= 0.6 is 0 Å². The van der Waals surface area contributed by atoms with Crippen LogP contribution in [0.2, 0.25) is 0 Å². The first-order chi connectivity index (χ1) is 16.6. The van der Waals surface area contributed by atoms with Gasteiger partial charge in [-0.1, -0.05) is 12.1 Å². The topological polar surface area (TPSA) is 117 Å². The summed E-state index contributed by atoms with van der Waals surface area (Å²) >= 11 is 0. The van der Waals surface area contributed by atoms with Crippen molar-refractivity contribution in [3.05, 3.63) is 59.7 Å². The highest BCUT2D eigenvalue weighted by Crippen LogP contribution is 2.33. The number of nitrogens with zero attached hydrogens (tertiary/aromatic N) is 3. The van der Waals surface area contributed by atoms with E-state index in [2.05, 4.69) is 16.4 Å². The van der Waals surface area contributed by atoms with Crippen molar-refractivity contribution in [2.45, 2.75) is 25.4 Å². The third-order valence-corrected chi connectivity index (χ3v) is 5.86. The maximum Gasteiger partial charge on any atom is 0.328 e. The summed E-state index contributed by atoms with van der Waals surface area (Å²) in [6.45, 7) is 0.750. The molecule has 0 saturated heterocycles. The minimum atomic E-state index is -0.997. The molecular formula is C25H26N4O5. The van der Waals surface area contributed by atoms with Gasteiger partial charge in [-0.3, -0.25) is 10.2 Å². The number of anilines is 2. The molecule has 0 saturated carbocycles. The number of fused-ring (bicyclic) bond motifs is 2. The number of aliphatic hydroxyl groups excluding tert-OH is 2. The van der Waals surface area contributed by atoms with Gasteiger partial charge in [-0.2, -0.15) is 4.98 Å². The molecule has 2 aromatic heterocycles. The van der Waals surface area contributed by atoms with Crippen LogP contribution in [0.5, 0.6) is 11.6 Å². The van der Waals surface area contributed by atoms with Crippen molar-refractivity contribution in [1.29, 1.82) is 0 Å². The Labute approximate surface area is 197 Å². The SMILES string of the molecule is O=C(Nc1cccc(OC[C@H](O)CO)n1)N1CCCc2ccc(-c3ccc4c(c3)CCO4)nc21. The molecule has 176 valence electrons. The number of ether oxygens (including phenoxy) is 2. The molecule has 9 nitrogen and oxygen atoms in total. The van der Waals surface area contributed by atoms with Crippen LogP contribution in [0.15, 0.2) is 48.5 Å². The van der Waals surface area contributed by atoms with Gasteiger partial charge in [0, 0.05) is 24.6 Å². The molecule has 3 N–H and O–H groups in total. The molecule has 0 radical (unpaired) electrons. The Morgan fingerprint density at radius 3 is 2.94 bits per heavy atom. The zero-order chi connectivity index (χ0) is 23.5. The van der Waals surface area contributed by atoms with Crippen LogP contribution in [0.1, 0.15) is 17.5 Å². The third-order valence-electron chi connectivity index (χ3n) is 5.86. The first-order valence-corrected chi connectivity index (χ1v) is 11.3. The molecule has 0 unspecified atom stereocenters. The van der Waals surface area contributed by atoms with Crippen molar-refractivity contribution in [2.24, 2.45) is 0 Å². The molecule has 2 aliphatic rings. The van der Waals surface area contributed by atoms with Gasteiger partial charge in [0.1, 0.15) is 30.1 Å². The Kier molecular flexibility index (Phi) is 6.29. The van der Waals surface area contributed by atoms with Crippen molar-refractivity contribution >= 4 is 17.7 Å². The normalized spacial score (nSPS) is 15.2. The lowest BCUT2D eigenvalue weighted by Gasteiger charge is -2.28. The van der Waals surface area contributed by atoms with E-state index in [4.69, 9.17) is 19.6 Å². The zero-order valence-electron chi connectivity index (χ0n) is 18.6. The van der Waals surface area contributed by atoms with Crippen molar-refractivity contribution in [3.8, 4) is 22.9 Å². The third kappa shape index (κ3) is 4.66. The highest BCUT2D eigenvalue weighted by atomic mass is 16.5. The van der Waals surface area contributed by atoms with Crippen LogP contribution in [-0.2, 0) is 12.8 Å². The van der Waals surface area contributed by atoms with E-state index in [1.807, 2.05) is 24.3 Å². The van der Waals surface area contributed by atoms with Crippen LogP contribution in [0.3, 0.4) is 0 Å². The molecule has 34 heavy (non-hydrogen) atoms. The number of rotatable bonds is 6. The molecule has 3 aromatic rings. The standard InChI is InChI=1S/C25H26N4O5/c30-14-19(31)15-34-23-5-1-4-22(27-23)28-25(32)29-11-2-3-16-6-8-20(26-24(16)29)17-7-9-21-18(13-17)10-12-33-21/h1,4-9,13,19,30-31H,2-3,10-12,14-15H2,(H,27,28,32)/t19-/m1/s1. The van der Waals surface area contributed by atoms with Gasteiger partial charge in [-0.25, -0.2) is 9.78 Å². The molecule has 1 atom stereocenters. The zero-order valence-corrected chi connectivity index (χ0v) is 18.6. The quantitative estimate of drug-likeness (QED) is 0.516. The lowest BCUT2D eigenvalue weighted by atomic mass is 10.0. The summed E-state index contributed by atoms with van der Waals surface area (Å²) in [6, 6.07) is 14.8. The maximum absolute atomic E-state index is 13.2. The fraction of sp³-hybridized carbons (Fsp3) is 0.320. The second kappa shape index (κ2) is 9.66. The smallest absolute Gasteiger partial charge is 0.328 e. The molecular weight excluding hydrogens is 436 g/mol. The number of carbonyl (C=O) groups is 1. The molecule has 0 bridgehead atoms. The van der Waals surface area contributed by atoms with Crippen LogP contribution in [0.25, 0.3) is 11.3 Å². The van der Waals surface area contributed by atoms with Crippen LogP contribution in [0.4, 0.5) is 16.4 Å². The van der Waals surface area contributed by atoms with E-state index in [9.17, 15) is 9.90 Å². The minimum absolute atomic E-state index is 0.0953. The van der Waals surface area contributed by atoms with Gasteiger partial charge >= 0.3 is 6.03 Å². The monoisotopic (exact) mass is 462 g/mol. The molecule has 0 spiro atoms. The van der Waals surface area contributed by atoms with Gasteiger partial charge in [-0.15, -0.1) is 0 Å². The minimum Gasteiger partial charge on any atom is -0.493 e. The number of aliphatic hydroxyl groups is 2. The predicted molar refractivity (Wildman–Crippen MR) is 126 cm³/mol. The number of aromatic nitrogens is 2. The summed E-state index contributed by atoms with van der Waals surface area (Å²) in [7, 11) is 0. The largest absolute Gasteiger partial charge is 0.493 e. The van der Waals surface area contributed by atoms with E-state index in [1.54, 1.807) is 23.1 Å². The second-order valence-corrected chi connectivity index (χ2v) is 8.29. The van der Waals surface area contributed by atoms with Crippen molar-refractivity contribution in [2.75, 3.05) is 36.6 Å². The van der Waals surface area contributed by atoms with E-state index in [-0.39, 0.29) is 18.5 Å². The van der Waals surface area contributed by atoms with Gasteiger partial charge in [0.15, 0.2) is 0 Å². The van der Waals surface area contributed by atoms with Crippen LogP contribution in [0, 0.1) is 0 Å².